The van der Waals surface area contributed by atoms with E-state index >= 15 is 0 Å². The Balaban J connectivity index is 1.75. The summed E-state index contributed by atoms with van der Waals surface area (Å²) in [6, 6.07) is 9.29. The predicted molar refractivity (Wildman–Crippen MR) is 110 cm³/mol. The van der Waals surface area contributed by atoms with Crippen molar-refractivity contribution >= 4 is 39.1 Å². The maximum absolute atomic E-state index is 12.0. The SMILES string of the molecule is CCNC(=O)c1ccc(-c2ccc3ncnc(N(C)c4nc(C)cs4)c3c2)o1. The third-order valence-corrected chi connectivity index (χ3v) is 5.31. The van der Waals surface area contributed by atoms with E-state index in [-0.39, 0.29) is 11.7 Å². The van der Waals surface area contributed by atoms with Gasteiger partial charge in [-0.15, -0.1) is 11.3 Å². The van der Waals surface area contributed by atoms with E-state index in [0.717, 1.165) is 33.1 Å². The highest BCUT2D eigenvalue weighted by Gasteiger charge is 2.16. The number of hydrogen-bond acceptors (Lipinski definition) is 7. The first kappa shape index (κ1) is 18.1. The average molecular weight is 393 g/mol. The van der Waals surface area contributed by atoms with E-state index in [9.17, 15) is 4.79 Å². The van der Waals surface area contributed by atoms with Crippen LogP contribution >= 0.6 is 11.3 Å². The molecule has 4 rings (SSSR count). The highest BCUT2D eigenvalue weighted by Crippen LogP contribution is 2.33. The molecule has 0 aliphatic heterocycles. The number of nitrogens with zero attached hydrogens (tertiary/aromatic N) is 4. The van der Waals surface area contributed by atoms with Gasteiger partial charge in [-0.2, -0.15) is 0 Å². The monoisotopic (exact) mass is 393 g/mol. The average Bonchev–Trinajstić information content (AvgIpc) is 3.36. The van der Waals surface area contributed by atoms with Crippen LogP contribution in [0.1, 0.15) is 23.2 Å². The molecule has 4 aromatic rings. The molecule has 1 aromatic carbocycles. The summed E-state index contributed by atoms with van der Waals surface area (Å²) >= 11 is 1.56. The molecule has 3 aromatic heterocycles. The molecule has 0 atom stereocenters. The highest BCUT2D eigenvalue weighted by atomic mass is 32.1. The summed E-state index contributed by atoms with van der Waals surface area (Å²) in [4.78, 5) is 27.3. The second-order valence-electron chi connectivity index (χ2n) is 6.28. The van der Waals surface area contributed by atoms with Gasteiger partial charge in [0.1, 0.15) is 17.9 Å². The van der Waals surface area contributed by atoms with Crippen molar-refractivity contribution in [3.8, 4) is 11.3 Å². The molecular formula is C20H19N5O2S. The van der Waals surface area contributed by atoms with Crippen molar-refractivity contribution in [2.24, 2.45) is 0 Å². The topological polar surface area (TPSA) is 84.2 Å². The number of anilines is 2. The zero-order valence-electron chi connectivity index (χ0n) is 15.8. The molecule has 1 amide bonds. The van der Waals surface area contributed by atoms with Gasteiger partial charge in [-0.05, 0) is 44.2 Å². The van der Waals surface area contributed by atoms with Crippen molar-refractivity contribution in [3.05, 3.63) is 53.5 Å². The molecular weight excluding hydrogens is 374 g/mol. The van der Waals surface area contributed by atoms with Gasteiger partial charge in [-0.3, -0.25) is 4.79 Å². The van der Waals surface area contributed by atoms with Gasteiger partial charge in [0.25, 0.3) is 5.91 Å². The number of rotatable bonds is 5. The van der Waals surface area contributed by atoms with Gasteiger partial charge >= 0.3 is 0 Å². The molecule has 0 aliphatic rings. The lowest BCUT2D eigenvalue weighted by atomic mass is 10.1. The Morgan fingerprint density at radius 1 is 1.25 bits per heavy atom. The lowest BCUT2D eigenvalue weighted by Gasteiger charge is -2.16. The Hall–Kier alpha value is -3.26. The number of carbonyl (C=O) groups excluding carboxylic acids is 1. The van der Waals surface area contributed by atoms with Crippen molar-refractivity contribution in [2.75, 3.05) is 18.5 Å². The lowest BCUT2D eigenvalue weighted by Crippen LogP contribution is -2.21. The minimum atomic E-state index is -0.225. The zero-order valence-corrected chi connectivity index (χ0v) is 16.6. The van der Waals surface area contributed by atoms with Crippen LogP contribution in [0.5, 0.6) is 0 Å². The number of amides is 1. The lowest BCUT2D eigenvalue weighted by molar-refractivity contribution is 0.0929. The van der Waals surface area contributed by atoms with Crippen LogP contribution in [-0.2, 0) is 0 Å². The maximum atomic E-state index is 12.0. The quantitative estimate of drug-likeness (QED) is 0.548. The summed E-state index contributed by atoms with van der Waals surface area (Å²) in [7, 11) is 1.94. The molecule has 0 saturated heterocycles. The second-order valence-corrected chi connectivity index (χ2v) is 7.12. The number of nitrogens with one attached hydrogen (secondary N) is 1. The number of thiazole rings is 1. The molecule has 0 aliphatic carbocycles. The van der Waals surface area contributed by atoms with Crippen LogP contribution in [0, 0.1) is 6.92 Å². The first-order valence-electron chi connectivity index (χ1n) is 8.86. The van der Waals surface area contributed by atoms with E-state index in [2.05, 4.69) is 20.3 Å². The molecule has 0 unspecified atom stereocenters. The summed E-state index contributed by atoms with van der Waals surface area (Å²) in [5, 5.41) is 6.48. The molecule has 7 nitrogen and oxygen atoms in total. The van der Waals surface area contributed by atoms with Crippen molar-refractivity contribution in [1.82, 2.24) is 20.3 Å². The third kappa shape index (κ3) is 3.34. The van der Waals surface area contributed by atoms with Gasteiger partial charge < -0.3 is 14.6 Å². The highest BCUT2D eigenvalue weighted by molar-refractivity contribution is 7.13. The largest absolute Gasteiger partial charge is 0.451 e. The first-order chi connectivity index (χ1) is 13.6. The van der Waals surface area contributed by atoms with Gasteiger partial charge in [-0.25, -0.2) is 15.0 Å². The number of carbonyl (C=O) groups is 1. The van der Waals surface area contributed by atoms with E-state index in [0.29, 0.717) is 12.3 Å². The van der Waals surface area contributed by atoms with Crippen molar-refractivity contribution in [1.29, 1.82) is 0 Å². The van der Waals surface area contributed by atoms with E-state index in [1.807, 2.05) is 49.4 Å². The Kier molecular flexibility index (Phi) is 4.79. The zero-order chi connectivity index (χ0) is 19.7. The van der Waals surface area contributed by atoms with E-state index < -0.39 is 0 Å². The van der Waals surface area contributed by atoms with Crippen molar-refractivity contribution in [2.45, 2.75) is 13.8 Å². The fourth-order valence-electron chi connectivity index (χ4n) is 2.91. The van der Waals surface area contributed by atoms with Crippen LogP contribution in [0.4, 0.5) is 10.9 Å². The number of furan rings is 1. The fraction of sp³-hybridized carbons (Fsp3) is 0.200. The van der Waals surface area contributed by atoms with Crippen LogP contribution in [0.25, 0.3) is 22.2 Å². The third-order valence-electron chi connectivity index (χ3n) is 4.28. The van der Waals surface area contributed by atoms with Crippen LogP contribution in [0.2, 0.25) is 0 Å². The van der Waals surface area contributed by atoms with Crippen LogP contribution < -0.4 is 10.2 Å². The van der Waals surface area contributed by atoms with Crippen LogP contribution in [0.3, 0.4) is 0 Å². The molecule has 3 heterocycles. The maximum Gasteiger partial charge on any atom is 0.287 e. The molecule has 0 saturated carbocycles. The number of fused-ring (bicyclic) bond motifs is 1. The normalized spacial score (nSPS) is 11.0. The number of aryl methyl sites for hydroxylation is 1. The fourth-order valence-corrected chi connectivity index (χ4v) is 3.68. The molecule has 142 valence electrons. The Bertz CT molecular complexity index is 1150. The van der Waals surface area contributed by atoms with Crippen molar-refractivity contribution in [3.63, 3.8) is 0 Å². The van der Waals surface area contributed by atoms with Gasteiger partial charge in [0.2, 0.25) is 0 Å². The second kappa shape index (κ2) is 7.40. The van der Waals surface area contributed by atoms with Crippen molar-refractivity contribution < 1.29 is 9.21 Å². The predicted octanol–water partition coefficient (Wildman–Crippen LogP) is 4.17. The molecule has 28 heavy (non-hydrogen) atoms. The summed E-state index contributed by atoms with van der Waals surface area (Å²) in [5.74, 6) is 1.44. The van der Waals surface area contributed by atoms with E-state index in [1.54, 1.807) is 29.8 Å². The van der Waals surface area contributed by atoms with Gasteiger partial charge in [0.05, 0.1) is 11.2 Å². The van der Waals surface area contributed by atoms with Gasteiger partial charge in [-0.1, -0.05) is 0 Å². The van der Waals surface area contributed by atoms with E-state index in [4.69, 9.17) is 4.42 Å². The molecule has 0 bridgehead atoms. The Morgan fingerprint density at radius 3 is 2.86 bits per heavy atom. The minimum Gasteiger partial charge on any atom is -0.451 e. The van der Waals surface area contributed by atoms with Crippen LogP contribution in [-0.4, -0.2) is 34.5 Å². The van der Waals surface area contributed by atoms with Crippen LogP contribution in [0.15, 0.2) is 46.5 Å². The van der Waals surface area contributed by atoms with Gasteiger partial charge in [0, 0.05) is 29.9 Å². The molecule has 8 heteroatoms. The summed E-state index contributed by atoms with van der Waals surface area (Å²) in [6.45, 7) is 4.38. The molecule has 1 N–H and O–H groups in total. The smallest absolute Gasteiger partial charge is 0.287 e. The summed E-state index contributed by atoms with van der Waals surface area (Å²) < 4.78 is 5.74. The molecule has 0 radical (unpaired) electrons. The number of aromatic nitrogens is 3. The minimum absolute atomic E-state index is 0.225. The summed E-state index contributed by atoms with van der Waals surface area (Å²) in [6.07, 6.45) is 1.55. The first-order valence-corrected chi connectivity index (χ1v) is 9.74. The molecule has 0 fully saturated rings. The van der Waals surface area contributed by atoms with Gasteiger partial charge in [0.15, 0.2) is 10.9 Å². The Morgan fingerprint density at radius 2 is 2.11 bits per heavy atom. The number of hydrogen-bond donors (Lipinski definition) is 1. The molecule has 0 spiro atoms. The number of benzene rings is 1. The Labute approximate surface area is 166 Å². The standard InChI is InChI=1S/C20H19N5O2S/c1-4-21-19(26)17-8-7-16(27-17)13-5-6-15-14(9-13)18(23-11-22-15)25(3)20-24-12(2)10-28-20/h5-11H,4H2,1-3H3,(H,21,26). The van der Waals surface area contributed by atoms with E-state index in [1.165, 1.54) is 0 Å². The summed E-state index contributed by atoms with van der Waals surface area (Å²) in [5.41, 5.74) is 2.64.